The van der Waals surface area contributed by atoms with Gasteiger partial charge in [-0.15, -0.1) is 0 Å². The van der Waals surface area contributed by atoms with Gasteiger partial charge in [0, 0.05) is 6.54 Å². The molecule has 3 nitrogen and oxygen atoms in total. The van der Waals surface area contributed by atoms with Gasteiger partial charge in [-0.1, -0.05) is 0 Å². The van der Waals surface area contributed by atoms with Crippen LogP contribution in [0.25, 0.3) is 0 Å². The fraction of sp³-hybridized carbons (Fsp3) is 0.600. The zero-order valence-corrected chi connectivity index (χ0v) is 13.2. The van der Waals surface area contributed by atoms with Crippen LogP contribution in [0.3, 0.4) is 0 Å². The molecule has 0 saturated heterocycles. The average Bonchev–Trinajstić information content (AvgIpc) is 3.15. The Morgan fingerprint density at radius 3 is 1.74 bits per heavy atom. The van der Waals surface area contributed by atoms with E-state index in [9.17, 15) is 8.42 Å². The molecule has 0 radical (unpaired) electrons. The lowest BCUT2D eigenvalue weighted by molar-refractivity contribution is 0.576. The second-order valence-electron chi connectivity index (χ2n) is 5.75. The fourth-order valence-electron chi connectivity index (χ4n) is 2.49. The fourth-order valence-corrected chi connectivity index (χ4v) is 4.20. The van der Waals surface area contributed by atoms with Crippen LogP contribution in [0.15, 0.2) is 4.90 Å². The van der Waals surface area contributed by atoms with Crippen LogP contribution in [-0.4, -0.2) is 15.0 Å². The van der Waals surface area contributed by atoms with E-state index in [0.717, 1.165) is 35.1 Å². The maximum atomic E-state index is 12.5. The minimum Gasteiger partial charge on any atom is -0.211 e. The Balaban J connectivity index is 2.48. The molecule has 106 valence electrons. The van der Waals surface area contributed by atoms with Crippen LogP contribution in [0.4, 0.5) is 0 Å². The average molecular weight is 281 g/mol. The molecule has 1 aliphatic carbocycles. The summed E-state index contributed by atoms with van der Waals surface area (Å²) < 4.78 is 27.8. The van der Waals surface area contributed by atoms with Crippen LogP contribution in [0, 0.1) is 40.5 Å². The van der Waals surface area contributed by atoms with Crippen molar-refractivity contribution < 1.29 is 8.42 Å². The van der Waals surface area contributed by atoms with E-state index in [1.807, 2.05) is 27.7 Å². The van der Waals surface area contributed by atoms with Crippen LogP contribution >= 0.6 is 0 Å². The summed E-state index contributed by atoms with van der Waals surface area (Å²) in [5.41, 5.74) is 5.11. The minimum absolute atomic E-state index is 0.480. The van der Waals surface area contributed by atoms with Gasteiger partial charge in [0.2, 0.25) is 10.0 Å². The largest absolute Gasteiger partial charge is 0.241 e. The highest BCUT2D eigenvalue weighted by Crippen LogP contribution is 2.31. The van der Waals surface area contributed by atoms with E-state index in [1.165, 1.54) is 5.56 Å². The summed E-state index contributed by atoms with van der Waals surface area (Å²) in [6, 6.07) is 0. The Kier molecular flexibility index (Phi) is 3.76. The molecule has 0 amide bonds. The maximum Gasteiger partial charge on any atom is 0.241 e. The first-order valence-corrected chi connectivity index (χ1v) is 8.30. The monoisotopic (exact) mass is 281 g/mol. The molecule has 1 saturated carbocycles. The molecule has 0 unspecified atom stereocenters. The van der Waals surface area contributed by atoms with Crippen LogP contribution in [0.1, 0.15) is 40.7 Å². The first kappa shape index (κ1) is 14.5. The molecule has 2 rings (SSSR count). The van der Waals surface area contributed by atoms with Crippen molar-refractivity contribution >= 4 is 10.0 Å². The van der Waals surface area contributed by atoms with Crippen molar-refractivity contribution in [1.82, 2.24) is 4.72 Å². The summed E-state index contributed by atoms with van der Waals surface area (Å²) in [5, 5.41) is 0. The normalized spacial score (nSPS) is 15.8. The Morgan fingerprint density at radius 2 is 1.32 bits per heavy atom. The van der Waals surface area contributed by atoms with Gasteiger partial charge in [0.1, 0.15) is 0 Å². The number of rotatable bonds is 4. The molecule has 0 aliphatic heterocycles. The Hall–Kier alpha value is -0.870. The van der Waals surface area contributed by atoms with Crippen molar-refractivity contribution in [2.24, 2.45) is 5.92 Å². The lowest BCUT2D eigenvalue weighted by Gasteiger charge is -2.19. The van der Waals surface area contributed by atoms with Gasteiger partial charge in [0.15, 0.2) is 0 Å². The van der Waals surface area contributed by atoms with E-state index in [2.05, 4.69) is 11.6 Å². The second-order valence-corrected chi connectivity index (χ2v) is 7.45. The lowest BCUT2D eigenvalue weighted by Crippen LogP contribution is -2.28. The topological polar surface area (TPSA) is 46.2 Å². The highest BCUT2D eigenvalue weighted by molar-refractivity contribution is 7.89. The van der Waals surface area contributed by atoms with Crippen LogP contribution in [0.5, 0.6) is 0 Å². The predicted octanol–water partition coefficient (Wildman–Crippen LogP) is 2.92. The molecule has 0 aromatic heterocycles. The smallest absolute Gasteiger partial charge is 0.211 e. The van der Waals surface area contributed by atoms with Crippen molar-refractivity contribution in [3.63, 3.8) is 0 Å². The van der Waals surface area contributed by atoms with Crippen molar-refractivity contribution in [2.45, 2.75) is 52.4 Å². The van der Waals surface area contributed by atoms with E-state index in [1.54, 1.807) is 0 Å². The molecule has 1 aromatic rings. The van der Waals surface area contributed by atoms with Gasteiger partial charge in [-0.2, -0.15) is 0 Å². The number of benzene rings is 1. The SMILES string of the molecule is Cc1c(C)c(C)c(S(=O)(=O)NCC2CC2)c(C)c1C. The predicted molar refractivity (Wildman–Crippen MR) is 78.0 cm³/mol. The molecule has 1 aromatic carbocycles. The first-order valence-electron chi connectivity index (χ1n) is 6.82. The molecule has 4 heteroatoms. The van der Waals surface area contributed by atoms with Crippen molar-refractivity contribution in [3.05, 3.63) is 27.8 Å². The number of hydrogen-bond donors (Lipinski definition) is 1. The van der Waals surface area contributed by atoms with E-state index >= 15 is 0 Å². The minimum atomic E-state index is -3.39. The highest BCUT2D eigenvalue weighted by Gasteiger charge is 2.27. The standard InChI is InChI=1S/C15H23NO2S/c1-9-10(2)12(4)15(13(5)11(9)3)19(17,18)16-8-14-6-7-14/h14,16H,6-8H2,1-5H3. The summed E-state index contributed by atoms with van der Waals surface area (Å²) in [6.07, 6.45) is 2.29. The molecule has 0 atom stereocenters. The maximum absolute atomic E-state index is 12.5. The molecule has 19 heavy (non-hydrogen) atoms. The molecule has 0 bridgehead atoms. The van der Waals surface area contributed by atoms with E-state index in [0.29, 0.717) is 17.4 Å². The van der Waals surface area contributed by atoms with E-state index in [4.69, 9.17) is 0 Å². The number of nitrogens with one attached hydrogen (secondary N) is 1. The summed E-state index contributed by atoms with van der Waals surface area (Å²) in [4.78, 5) is 0.480. The van der Waals surface area contributed by atoms with Crippen molar-refractivity contribution in [3.8, 4) is 0 Å². The Bertz CT molecular complexity index is 585. The first-order chi connectivity index (χ1) is 8.75. The van der Waals surface area contributed by atoms with Crippen molar-refractivity contribution in [1.29, 1.82) is 0 Å². The third-order valence-electron chi connectivity index (χ3n) is 4.46. The quantitative estimate of drug-likeness (QED) is 0.922. The summed E-state index contributed by atoms with van der Waals surface area (Å²) in [7, 11) is -3.39. The Labute approximate surface area is 116 Å². The Morgan fingerprint density at radius 1 is 0.895 bits per heavy atom. The van der Waals surface area contributed by atoms with Crippen molar-refractivity contribution in [2.75, 3.05) is 6.54 Å². The van der Waals surface area contributed by atoms with Gasteiger partial charge in [-0.05, 0) is 81.2 Å². The van der Waals surface area contributed by atoms with E-state index in [-0.39, 0.29) is 0 Å². The van der Waals surface area contributed by atoms with Gasteiger partial charge in [-0.25, -0.2) is 13.1 Å². The number of sulfonamides is 1. The summed E-state index contributed by atoms with van der Waals surface area (Å²) >= 11 is 0. The highest BCUT2D eigenvalue weighted by atomic mass is 32.2. The molecule has 0 heterocycles. The van der Waals surface area contributed by atoms with Crippen LogP contribution in [-0.2, 0) is 10.0 Å². The second kappa shape index (κ2) is 4.91. The molecular formula is C15H23NO2S. The van der Waals surface area contributed by atoms with Gasteiger partial charge in [-0.3, -0.25) is 0 Å². The zero-order valence-electron chi connectivity index (χ0n) is 12.4. The summed E-state index contributed by atoms with van der Waals surface area (Å²) in [6.45, 7) is 10.4. The third kappa shape index (κ3) is 2.70. The third-order valence-corrected chi connectivity index (χ3v) is 6.16. The summed E-state index contributed by atoms with van der Waals surface area (Å²) in [5.74, 6) is 0.544. The number of hydrogen-bond acceptors (Lipinski definition) is 2. The lowest BCUT2D eigenvalue weighted by atomic mass is 9.95. The zero-order chi connectivity index (χ0) is 14.4. The van der Waals surface area contributed by atoms with Crippen LogP contribution < -0.4 is 4.72 Å². The van der Waals surface area contributed by atoms with Gasteiger partial charge in [0.25, 0.3) is 0 Å². The molecular weight excluding hydrogens is 258 g/mol. The molecule has 1 fully saturated rings. The molecule has 0 spiro atoms. The van der Waals surface area contributed by atoms with Gasteiger partial charge >= 0.3 is 0 Å². The van der Waals surface area contributed by atoms with Gasteiger partial charge in [0.05, 0.1) is 4.90 Å². The molecule has 1 aliphatic rings. The van der Waals surface area contributed by atoms with Crippen LogP contribution in [0.2, 0.25) is 0 Å². The molecule has 1 N–H and O–H groups in total. The van der Waals surface area contributed by atoms with E-state index < -0.39 is 10.0 Å². The van der Waals surface area contributed by atoms with Gasteiger partial charge < -0.3 is 0 Å².